The third-order valence-electron chi connectivity index (χ3n) is 4.52. The Morgan fingerprint density at radius 3 is 2.44 bits per heavy atom. The van der Waals surface area contributed by atoms with E-state index < -0.39 is 0 Å². The van der Waals surface area contributed by atoms with Crippen molar-refractivity contribution in [2.45, 2.75) is 33.0 Å². The van der Waals surface area contributed by atoms with Crippen LogP contribution in [0.2, 0.25) is 0 Å². The Morgan fingerprint density at radius 2 is 1.80 bits per heavy atom. The summed E-state index contributed by atoms with van der Waals surface area (Å²) in [7, 11) is 0. The van der Waals surface area contributed by atoms with Gasteiger partial charge < -0.3 is 14.6 Å². The molecule has 0 bridgehead atoms. The van der Waals surface area contributed by atoms with E-state index in [0.717, 1.165) is 5.56 Å². The number of aromatic nitrogens is 1. The molecule has 1 aliphatic rings. The second kappa shape index (κ2) is 6.84. The molecule has 0 aliphatic carbocycles. The number of ether oxygens (including phenoxy) is 1. The van der Waals surface area contributed by atoms with Gasteiger partial charge in [0.2, 0.25) is 5.56 Å². The molecule has 132 valence electrons. The largest absolute Gasteiger partial charge is 0.366 e. The Labute approximate surface area is 147 Å². The van der Waals surface area contributed by atoms with Crippen molar-refractivity contribution in [1.82, 2.24) is 9.88 Å². The minimum Gasteiger partial charge on any atom is -0.366 e. The number of carbonyl (C=O) groups excluding carboxylic acids is 1. The number of morpholine rings is 1. The summed E-state index contributed by atoms with van der Waals surface area (Å²) in [6.07, 6.45) is -0.274. The predicted octanol–water partition coefficient (Wildman–Crippen LogP) is 3.00. The van der Waals surface area contributed by atoms with Gasteiger partial charge in [-0.25, -0.2) is 0 Å². The summed E-state index contributed by atoms with van der Waals surface area (Å²) < 4.78 is 6.31. The number of hydrogen-bond donors (Lipinski definition) is 1. The average molecular weight is 340 g/mol. The van der Waals surface area contributed by atoms with E-state index in [4.69, 9.17) is 4.74 Å². The number of carbonyl (C=O) groups is 1. The first-order valence-electron chi connectivity index (χ1n) is 8.53. The normalized spacial score (nSPS) is 21.2. The van der Waals surface area contributed by atoms with E-state index in [-0.39, 0.29) is 29.1 Å². The Kier molecular flexibility index (Phi) is 4.77. The average Bonchev–Trinajstić information content (AvgIpc) is 2.60. The van der Waals surface area contributed by atoms with Gasteiger partial charge in [-0.1, -0.05) is 57.2 Å². The first kappa shape index (κ1) is 17.4. The van der Waals surface area contributed by atoms with Crippen molar-refractivity contribution >= 4 is 5.91 Å². The van der Waals surface area contributed by atoms with Gasteiger partial charge in [0.1, 0.15) is 11.8 Å². The van der Waals surface area contributed by atoms with Crippen molar-refractivity contribution < 1.29 is 9.53 Å². The van der Waals surface area contributed by atoms with Gasteiger partial charge in [0.15, 0.2) is 0 Å². The first-order valence-corrected chi connectivity index (χ1v) is 8.53. The number of nitrogens with zero attached hydrogens (tertiary/aromatic N) is 1. The fraction of sp³-hybridized carbons (Fsp3) is 0.400. The third-order valence-corrected chi connectivity index (χ3v) is 4.52. The zero-order valence-electron chi connectivity index (χ0n) is 14.9. The lowest BCUT2D eigenvalue weighted by atomic mass is 9.87. The molecule has 5 nitrogen and oxygen atoms in total. The maximum atomic E-state index is 12.9. The van der Waals surface area contributed by atoms with Crippen molar-refractivity contribution in [1.29, 1.82) is 0 Å². The molecular weight excluding hydrogens is 316 g/mol. The van der Waals surface area contributed by atoms with E-state index in [1.807, 2.05) is 30.3 Å². The second-order valence-electron chi connectivity index (χ2n) is 7.53. The number of aromatic amines is 1. The monoisotopic (exact) mass is 340 g/mol. The molecule has 25 heavy (non-hydrogen) atoms. The lowest BCUT2D eigenvalue weighted by Gasteiger charge is -2.43. The SMILES string of the molecule is CC(C)(C)[C@H]1CN(C(=O)c2cccc(=O)[nH]2)C[C@@H](c2ccccc2)O1. The summed E-state index contributed by atoms with van der Waals surface area (Å²) in [5.74, 6) is -0.170. The van der Waals surface area contributed by atoms with Crippen LogP contribution >= 0.6 is 0 Å². The van der Waals surface area contributed by atoms with Crippen LogP contribution in [0.3, 0.4) is 0 Å². The van der Waals surface area contributed by atoms with E-state index >= 15 is 0 Å². The lowest BCUT2D eigenvalue weighted by molar-refractivity contribution is -0.119. The quantitative estimate of drug-likeness (QED) is 0.914. The molecule has 1 fully saturated rings. The van der Waals surface area contributed by atoms with Gasteiger partial charge in [-0.3, -0.25) is 9.59 Å². The molecule has 0 radical (unpaired) electrons. The maximum Gasteiger partial charge on any atom is 0.270 e. The van der Waals surface area contributed by atoms with Gasteiger partial charge in [0, 0.05) is 12.6 Å². The highest BCUT2D eigenvalue weighted by Gasteiger charge is 2.37. The molecule has 1 amide bonds. The van der Waals surface area contributed by atoms with Crippen molar-refractivity contribution in [3.8, 4) is 0 Å². The number of hydrogen-bond acceptors (Lipinski definition) is 3. The summed E-state index contributed by atoms with van der Waals surface area (Å²) in [5.41, 5.74) is 0.992. The number of amides is 1. The van der Waals surface area contributed by atoms with Gasteiger partial charge in [0.25, 0.3) is 5.91 Å². The number of benzene rings is 1. The van der Waals surface area contributed by atoms with Gasteiger partial charge in [-0.15, -0.1) is 0 Å². The zero-order valence-corrected chi connectivity index (χ0v) is 14.9. The van der Waals surface area contributed by atoms with Crippen LogP contribution in [0.15, 0.2) is 53.3 Å². The van der Waals surface area contributed by atoms with Crippen molar-refractivity contribution in [3.63, 3.8) is 0 Å². The Morgan fingerprint density at radius 1 is 1.08 bits per heavy atom. The molecule has 2 aromatic rings. The van der Waals surface area contributed by atoms with Crippen LogP contribution in [-0.2, 0) is 4.74 Å². The van der Waals surface area contributed by atoms with Gasteiger partial charge in [-0.05, 0) is 17.0 Å². The van der Waals surface area contributed by atoms with E-state index in [2.05, 4.69) is 25.8 Å². The van der Waals surface area contributed by atoms with Crippen LogP contribution in [0.1, 0.15) is 42.9 Å². The molecule has 2 atom stereocenters. The lowest BCUT2D eigenvalue weighted by Crippen LogP contribution is -2.51. The van der Waals surface area contributed by atoms with Crippen LogP contribution in [0.25, 0.3) is 0 Å². The van der Waals surface area contributed by atoms with Gasteiger partial charge >= 0.3 is 0 Å². The summed E-state index contributed by atoms with van der Waals surface area (Å²) in [6.45, 7) is 7.29. The third kappa shape index (κ3) is 3.99. The number of H-pyrrole nitrogens is 1. The second-order valence-corrected chi connectivity index (χ2v) is 7.53. The Hall–Kier alpha value is -2.40. The Bertz CT molecular complexity index is 792. The molecule has 5 heteroatoms. The van der Waals surface area contributed by atoms with Crippen molar-refractivity contribution in [2.24, 2.45) is 5.41 Å². The number of rotatable bonds is 2. The minimum atomic E-state index is -0.272. The highest BCUT2D eigenvalue weighted by Crippen LogP contribution is 2.33. The molecule has 1 aromatic heterocycles. The molecule has 0 unspecified atom stereocenters. The smallest absolute Gasteiger partial charge is 0.270 e. The van der Waals surface area contributed by atoms with Gasteiger partial charge in [0.05, 0.1) is 12.6 Å². The van der Waals surface area contributed by atoms with Crippen LogP contribution in [0.4, 0.5) is 0 Å². The molecule has 1 aromatic carbocycles. The molecule has 1 N–H and O–H groups in total. The molecule has 0 saturated carbocycles. The highest BCUT2D eigenvalue weighted by molar-refractivity contribution is 5.92. The van der Waals surface area contributed by atoms with E-state index in [1.165, 1.54) is 6.07 Å². The number of nitrogens with one attached hydrogen (secondary N) is 1. The molecular formula is C20H24N2O3. The van der Waals surface area contributed by atoms with Gasteiger partial charge in [-0.2, -0.15) is 0 Å². The van der Waals surface area contributed by atoms with E-state index in [0.29, 0.717) is 18.8 Å². The molecule has 0 spiro atoms. The van der Waals surface area contributed by atoms with E-state index in [9.17, 15) is 9.59 Å². The van der Waals surface area contributed by atoms with E-state index in [1.54, 1.807) is 17.0 Å². The minimum absolute atomic E-state index is 0.0918. The first-order chi connectivity index (χ1) is 11.8. The maximum absolute atomic E-state index is 12.9. The van der Waals surface area contributed by atoms with Crippen molar-refractivity contribution in [3.05, 3.63) is 70.1 Å². The predicted molar refractivity (Wildman–Crippen MR) is 96.5 cm³/mol. The van der Waals surface area contributed by atoms with Crippen LogP contribution in [0, 0.1) is 5.41 Å². The van der Waals surface area contributed by atoms with Crippen LogP contribution in [-0.4, -0.2) is 35.0 Å². The summed E-state index contributed by atoms with van der Waals surface area (Å²) in [6, 6.07) is 14.6. The molecule has 3 rings (SSSR count). The highest BCUT2D eigenvalue weighted by atomic mass is 16.5. The van der Waals surface area contributed by atoms with Crippen molar-refractivity contribution in [2.75, 3.05) is 13.1 Å². The fourth-order valence-electron chi connectivity index (χ4n) is 3.00. The standard InChI is InChI=1S/C20H24N2O3/c1-20(2,3)17-13-22(19(24)15-10-7-11-18(23)21-15)12-16(25-17)14-8-5-4-6-9-14/h4-11,16-17H,12-13H2,1-3H3,(H,21,23)/t16-,17+/m0/s1. The zero-order chi connectivity index (χ0) is 18.0. The van der Waals surface area contributed by atoms with Crippen LogP contribution < -0.4 is 5.56 Å². The molecule has 1 saturated heterocycles. The van der Waals surface area contributed by atoms with Crippen LogP contribution in [0.5, 0.6) is 0 Å². The molecule has 2 heterocycles. The summed E-state index contributed by atoms with van der Waals surface area (Å²) in [4.78, 5) is 28.8. The number of pyridine rings is 1. The Balaban J connectivity index is 1.90. The molecule has 1 aliphatic heterocycles. The fourth-order valence-corrected chi connectivity index (χ4v) is 3.00. The summed E-state index contributed by atoms with van der Waals surface area (Å²) in [5, 5.41) is 0. The summed E-state index contributed by atoms with van der Waals surface area (Å²) >= 11 is 0. The topological polar surface area (TPSA) is 62.4 Å².